The third-order valence-electron chi connectivity index (χ3n) is 2.65. The fraction of sp³-hybridized carbons (Fsp3) is 0.231. The van der Waals surface area contributed by atoms with Gasteiger partial charge in [0.15, 0.2) is 0 Å². The molecule has 0 atom stereocenters. The summed E-state index contributed by atoms with van der Waals surface area (Å²) in [6, 6.07) is 4.75. The summed E-state index contributed by atoms with van der Waals surface area (Å²) in [5.74, 6) is -0.125. The summed E-state index contributed by atoms with van der Waals surface area (Å²) >= 11 is 3.17. The number of aryl methyl sites for hydroxylation is 1. The van der Waals surface area contributed by atoms with Crippen molar-refractivity contribution in [2.45, 2.75) is 13.0 Å². The van der Waals surface area contributed by atoms with Gasteiger partial charge in [0, 0.05) is 31.0 Å². The molecule has 0 saturated heterocycles. The minimum absolute atomic E-state index is 0.0612. The van der Waals surface area contributed by atoms with Crippen molar-refractivity contribution in [3.8, 4) is 5.75 Å². The van der Waals surface area contributed by atoms with Crippen LogP contribution in [0.25, 0.3) is 0 Å². The lowest BCUT2D eigenvalue weighted by Gasteiger charge is -2.06. The molecule has 0 spiro atoms. The van der Waals surface area contributed by atoms with E-state index in [2.05, 4.69) is 26.2 Å². The highest BCUT2D eigenvalue weighted by Gasteiger charge is 2.07. The molecule has 1 aromatic heterocycles. The van der Waals surface area contributed by atoms with E-state index < -0.39 is 0 Å². The first kappa shape index (κ1) is 13.6. The molecule has 1 aromatic carbocycles. The van der Waals surface area contributed by atoms with Gasteiger partial charge in [0.2, 0.25) is 0 Å². The second-order valence-electron chi connectivity index (χ2n) is 4.08. The Balaban J connectivity index is 1.79. The lowest BCUT2D eigenvalue weighted by atomic mass is 10.2. The number of benzene rings is 1. The molecule has 1 amide bonds. The summed E-state index contributed by atoms with van der Waals surface area (Å²) in [7, 11) is 0. The lowest BCUT2D eigenvalue weighted by Crippen LogP contribution is -2.25. The zero-order chi connectivity index (χ0) is 13.7. The normalized spacial score (nSPS) is 10.4. The number of aromatic nitrogens is 2. The highest BCUT2D eigenvalue weighted by atomic mass is 79.9. The van der Waals surface area contributed by atoms with Gasteiger partial charge in [-0.05, 0) is 40.5 Å². The van der Waals surface area contributed by atoms with Gasteiger partial charge in [-0.3, -0.25) is 4.79 Å². The molecule has 0 aliphatic rings. The van der Waals surface area contributed by atoms with Crippen LogP contribution >= 0.6 is 15.9 Å². The number of carbonyl (C=O) groups is 1. The van der Waals surface area contributed by atoms with Crippen molar-refractivity contribution in [2.75, 3.05) is 6.54 Å². The SMILES string of the molecule is O=C(NCCCn1ccnc1)c1ccc(Br)c(O)c1. The maximum absolute atomic E-state index is 11.8. The molecule has 0 bridgehead atoms. The van der Waals surface area contributed by atoms with E-state index in [1.165, 1.54) is 6.07 Å². The Labute approximate surface area is 119 Å². The Hall–Kier alpha value is -1.82. The molecule has 0 aliphatic heterocycles. The number of rotatable bonds is 5. The van der Waals surface area contributed by atoms with Crippen LogP contribution in [0.4, 0.5) is 0 Å². The molecule has 0 unspecified atom stereocenters. The minimum atomic E-state index is -0.187. The molecule has 2 N–H and O–H groups in total. The summed E-state index contributed by atoms with van der Waals surface area (Å²) in [4.78, 5) is 15.8. The predicted octanol–water partition coefficient (Wildman–Crippen LogP) is 2.17. The Kier molecular flexibility index (Phi) is 4.57. The van der Waals surface area contributed by atoms with E-state index in [0.29, 0.717) is 16.6 Å². The minimum Gasteiger partial charge on any atom is -0.507 e. The first-order valence-electron chi connectivity index (χ1n) is 5.89. The van der Waals surface area contributed by atoms with Crippen molar-refractivity contribution in [3.05, 3.63) is 47.0 Å². The first-order valence-corrected chi connectivity index (χ1v) is 6.68. The van der Waals surface area contributed by atoms with Crippen molar-refractivity contribution in [3.63, 3.8) is 0 Å². The highest BCUT2D eigenvalue weighted by molar-refractivity contribution is 9.10. The predicted molar refractivity (Wildman–Crippen MR) is 75.0 cm³/mol. The van der Waals surface area contributed by atoms with Crippen LogP contribution in [0.15, 0.2) is 41.4 Å². The molecule has 100 valence electrons. The van der Waals surface area contributed by atoms with Crippen molar-refractivity contribution >= 4 is 21.8 Å². The molecule has 19 heavy (non-hydrogen) atoms. The Morgan fingerprint density at radius 2 is 2.32 bits per heavy atom. The van der Waals surface area contributed by atoms with Crippen LogP contribution in [0.1, 0.15) is 16.8 Å². The average molecular weight is 324 g/mol. The monoisotopic (exact) mass is 323 g/mol. The number of hydrogen-bond donors (Lipinski definition) is 2. The largest absolute Gasteiger partial charge is 0.507 e. The van der Waals surface area contributed by atoms with Gasteiger partial charge >= 0.3 is 0 Å². The molecular formula is C13H14BrN3O2. The van der Waals surface area contributed by atoms with E-state index >= 15 is 0 Å². The van der Waals surface area contributed by atoms with Gasteiger partial charge in [-0.2, -0.15) is 0 Å². The summed E-state index contributed by atoms with van der Waals surface area (Å²) in [5, 5.41) is 12.3. The summed E-state index contributed by atoms with van der Waals surface area (Å²) in [5.41, 5.74) is 0.448. The van der Waals surface area contributed by atoms with Crippen LogP contribution in [-0.4, -0.2) is 27.1 Å². The van der Waals surface area contributed by atoms with Crippen molar-refractivity contribution in [1.82, 2.24) is 14.9 Å². The number of carbonyl (C=O) groups excluding carboxylic acids is 1. The second kappa shape index (κ2) is 6.38. The third kappa shape index (κ3) is 3.82. The van der Waals surface area contributed by atoms with Crippen LogP contribution in [0.5, 0.6) is 5.75 Å². The van der Waals surface area contributed by atoms with E-state index in [1.807, 2.05) is 10.8 Å². The average Bonchev–Trinajstić information content (AvgIpc) is 2.91. The summed E-state index contributed by atoms with van der Waals surface area (Å²) < 4.78 is 2.53. The molecule has 2 aromatic rings. The van der Waals surface area contributed by atoms with Crippen LogP contribution in [0.3, 0.4) is 0 Å². The van der Waals surface area contributed by atoms with Gasteiger partial charge in [-0.25, -0.2) is 4.98 Å². The van der Waals surface area contributed by atoms with Gasteiger partial charge < -0.3 is 15.0 Å². The van der Waals surface area contributed by atoms with E-state index in [-0.39, 0.29) is 11.7 Å². The van der Waals surface area contributed by atoms with Crippen molar-refractivity contribution in [2.24, 2.45) is 0 Å². The second-order valence-corrected chi connectivity index (χ2v) is 4.93. The smallest absolute Gasteiger partial charge is 0.251 e. The fourth-order valence-corrected chi connectivity index (χ4v) is 1.89. The molecule has 0 radical (unpaired) electrons. The van der Waals surface area contributed by atoms with E-state index in [9.17, 15) is 9.90 Å². The maximum Gasteiger partial charge on any atom is 0.251 e. The fourth-order valence-electron chi connectivity index (χ4n) is 1.64. The number of nitrogens with one attached hydrogen (secondary N) is 1. The first-order chi connectivity index (χ1) is 9.16. The number of amides is 1. The number of imidazole rings is 1. The number of phenolic OH excluding ortho intramolecular Hbond substituents is 1. The third-order valence-corrected chi connectivity index (χ3v) is 3.32. The summed E-state index contributed by atoms with van der Waals surface area (Å²) in [6.45, 7) is 1.39. The topological polar surface area (TPSA) is 67.2 Å². The Morgan fingerprint density at radius 1 is 1.47 bits per heavy atom. The molecular weight excluding hydrogens is 310 g/mol. The van der Waals surface area contributed by atoms with Gasteiger partial charge in [0.05, 0.1) is 10.8 Å². The number of halogens is 1. The highest BCUT2D eigenvalue weighted by Crippen LogP contribution is 2.24. The van der Waals surface area contributed by atoms with Crippen LogP contribution in [0, 0.1) is 0 Å². The molecule has 0 saturated carbocycles. The van der Waals surface area contributed by atoms with Crippen molar-refractivity contribution in [1.29, 1.82) is 0 Å². The number of hydrogen-bond acceptors (Lipinski definition) is 3. The van der Waals surface area contributed by atoms with Crippen LogP contribution < -0.4 is 5.32 Å². The lowest BCUT2D eigenvalue weighted by molar-refractivity contribution is 0.0952. The standard InChI is InChI=1S/C13H14BrN3O2/c14-11-3-2-10(8-12(11)18)13(19)16-4-1-6-17-7-5-15-9-17/h2-3,5,7-9,18H,1,4,6H2,(H,16,19). The van der Waals surface area contributed by atoms with Crippen LogP contribution in [0.2, 0.25) is 0 Å². The zero-order valence-electron chi connectivity index (χ0n) is 10.2. The van der Waals surface area contributed by atoms with E-state index in [0.717, 1.165) is 13.0 Å². The molecule has 0 aliphatic carbocycles. The molecule has 1 heterocycles. The molecule has 6 heteroatoms. The molecule has 0 fully saturated rings. The zero-order valence-corrected chi connectivity index (χ0v) is 11.8. The summed E-state index contributed by atoms with van der Waals surface area (Å²) in [6.07, 6.45) is 6.18. The number of phenols is 1. The van der Waals surface area contributed by atoms with Gasteiger partial charge in [-0.15, -0.1) is 0 Å². The Bertz CT molecular complexity index is 555. The quantitative estimate of drug-likeness (QED) is 0.829. The number of nitrogens with zero attached hydrogens (tertiary/aromatic N) is 2. The van der Waals surface area contributed by atoms with Gasteiger partial charge in [-0.1, -0.05) is 0 Å². The molecule has 2 rings (SSSR count). The van der Waals surface area contributed by atoms with Crippen LogP contribution in [-0.2, 0) is 6.54 Å². The maximum atomic E-state index is 11.8. The van der Waals surface area contributed by atoms with E-state index in [4.69, 9.17) is 0 Å². The van der Waals surface area contributed by atoms with Gasteiger partial charge in [0.25, 0.3) is 5.91 Å². The van der Waals surface area contributed by atoms with Gasteiger partial charge in [0.1, 0.15) is 5.75 Å². The van der Waals surface area contributed by atoms with Crippen molar-refractivity contribution < 1.29 is 9.90 Å². The van der Waals surface area contributed by atoms with E-state index in [1.54, 1.807) is 24.7 Å². The number of aromatic hydroxyl groups is 1. The molecule has 5 nitrogen and oxygen atoms in total. The Morgan fingerprint density at radius 3 is 3.00 bits per heavy atom.